The predicted octanol–water partition coefficient (Wildman–Crippen LogP) is 2.07. The lowest BCUT2D eigenvalue weighted by Crippen LogP contribution is -2.12. The summed E-state index contributed by atoms with van der Waals surface area (Å²) in [6.45, 7) is 2.95. The van der Waals surface area contributed by atoms with Crippen LogP contribution in [0.4, 0.5) is 0 Å². The summed E-state index contributed by atoms with van der Waals surface area (Å²) in [6, 6.07) is 3.96. The first-order chi connectivity index (χ1) is 7.08. The Morgan fingerprint density at radius 2 is 1.80 bits per heavy atom. The zero-order chi connectivity index (χ0) is 11.4. The van der Waals surface area contributed by atoms with Gasteiger partial charge in [0.05, 0.1) is 14.2 Å². The Labute approximate surface area is 91.6 Å². The Hall–Kier alpha value is -1.22. The minimum absolute atomic E-state index is 0.842. The number of rotatable bonds is 4. The first-order valence-corrected chi connectivity index (χ1v) is 4.94. The molecule has 0 N–H and O–H groups in total. The molecular formula is C12H19NO2. The Morgan fingerprint density at radius 1 is 1.13 bits per heavy atom. The highest BCUT2D eigenvalue weighted by Gasteiger charge is 2.08. The largest absolute Gasteiger partial charge is 0.497 e. The zero-order valence-electron chi connectivity index (χ0n) is 10.1. The SMILES string of the molecule is COc1cc(CN(C)C)c(C)c(OC)c1. The fourth-order valence-electron chi connectivity index (χ4n) is 1.55. The van der Waals surface area contributed by atoms with E-state index in [9.17, 15) is 0 Å². The summed E-state index contributed by atoms with van der Waals surface area (Å²) < 4.78 is 10.5. The Kier molecular flexibility index (Phi) is 3.97. The van der Waals surface area contributed by atoms with E-state index in [4.69, 9.17) is 9.47 Å². The molecule has 1 aromatic carbocycles. The lowest BCUT2D eigenvalue weighted by atomic mass is 10.1. The molecule has 1 rings (SSSR count). The van der Waals surface area contributed by atoms with Gasteiger partial charge in [-0.1, -0.05) is 0 Å². The molecule has 0 saturated carbocycles. The average Bonchev–Trinajstić information content (AvgIpc) is 2.20. The zero-order valence-corrected chi connectivity index (χ0v) is 10.1. The summed E-state index contributed by atoms with van der Waals surface area (Å²) in [4.78, 5) is 2.13. The first kappa shape index (κ1) is 11.9. The summed E-state index contributed by atoms with van der Waals surface area (Å²) in [5, 5.41) is 0. The molecule has 3 heteroatoms. The standard InChI is InChI=1S/C12H19NO2/c1-9-10(8-13(2)3)6-11(14-4)7-12(9)15-5/h6-7H,8H2,1-5H3. The van der Waals surface area contributed by atoms with Crippen LogP contribution in [0.2, 0.25) is 0 Å². The van der Waals surface area contributed by atoms with Crippen molar-refractivity contribution >= 4 is 0 Å². The Balaban J connectivity index is 3.12. The summed E-state index contributed by atoms with van der Waals surface area (Å²) >= 11 is 0. The Bertz CT molecular complexity index is 335. The van der Waals surface area contributed by atoms with Crippen LogP contribution in [0.3, 0.4) is 0 Å². The van der Waals surface area contributed by atoms with E-state index in [1.54, 1.807) is 14.2 Å². The van der Waals surface area contributed by atoms with Crippen LogP contribution in [0.5, 0.6) is 11.5 Å². The molecule has 0 atom stereocenters. The van der Waals surface area contributed by atoms with Gasteiger partial charge in [0.2, 0.25) is 0 Å². The monoisotopic (exact) mass is 209 g/mol. The second-order valence-electron chi connectivity index (χ2n) is 3.85. The fourth-order valence-corrected chi connectivity index (χ4v) is 1.55. The second kappa shape index (κ2) is 5.03. The lowest BCUT2D eigenvalue weighted by molar-refractivity contribution is 0.379. The molecule has 0 aromatic heterocycles. The minimum atomic E-state index is 0.842. The normalized spacial score (nSPS) is 10.5. The van der Waals surface area contributed by atoms with Crippen molar-refractivity contribution < 1.29 is 9.47 Å². The van der Waals surface area contributed by atoms with Crippen molar-refractivity contribution in [1.82, 2.24) is 4.90 Å². The van der Waals surface area contributed by atoms with E-state index in [2.05, 4.69) is 17.9 Å². The third-order valence-corrected chi connectivity index (χ3v) is 2.38. The van der Waals surface area contributed by atoms with Crippen LogP contribution in [0.25, 0.3) is 0 Å². The molecule has 3 nitrogen and oxygen atoms in total. The van der Waals surface area contributed by atoms with Gasteiger partial charge in [-0.15, -0.1) is 0 Å². The molecule has 84 valence electrons. The number of hydrogen-bond acceptors (Lipinski definition) is 3. The van der Waals surface area contributed by atoms with Crippen LogP contribution in [0.15, 0.2) is 12.1 Å². The van der Waals surface area contributed by atoms with Gasteiger partial charge in [-0.2, -0.15) is 0 Å². The summed E-state index contributed by atoms with van der Waals surface area (Å²) in [5.74, 6) is 1.72. The van der Waals surface area contributed by atoms with Gasteiger partial charge in [0, 0.05) is 12.6 Å². The van der Waals surface area contributed by atoms with Crippen LogP contribution < -0.4 is 9.47 Å². The molecule has 0 spiro atoms. The van der Waals surface area contributed by atoms with Gasteiger partial charge in [0.15, 0.2) is 0 Å². The number of hydrogen-bond donors (Lipinski definition) is 0. The molecule has 0 aliphatic rings. The van der Waals surface area contributed by atoms with Gasteiger partial charge in [-0.3, -0.25) is 0 Å². The van der Waals surface area contributed by atoms with E-state index in [-0.39, 0.29) is 0 Å². The summed E-state index contributed by atoms with van der Waals surface area (Å²) in [7, 11) is 7.45. The van der Waals surface area contributed by atoms with E-state index >= 15 is 0 Å². The van der Waals surface area contributed by atoms with Crippen molar-refractivity contribution in [1.29, 1.82) is 0 Å². The molecule has 0 amide bonds. The van der Waals surface area contributed by atoms with Crippen LogP contribution in [0.1, 0.15) is 11.1 Å². The van der Waals surface area contributed by atoms with Gasteiger partial charge in [-0.05, 0) is 38.2 Å². The van der Waals surface area contributed by atoms with E-state index < -0.39 is 0 Å². The van der Waals surface area contributed by atoms with Gasteiger partial charge in [0.1, 0.15) is 11.5 Å². The molecular weight excluding hydrogens is 190 g/mol. The number of ether oxygens (including phenoxy) is 2. The maximum Gasteiger partial charge on any atom is 0.125 e. The number of nitrogens with zero attached hydrogens (tertiary/aromatic N) is 1. The van der Waals surface area contributed by atoms with E-state index in [0.717, 1.165) is 18.0 Å². The maximum absolute atomic E-state index is 5.31. The summed E-state index contributed by atoms with van der Waals surface area (Å²) in [6.07, 6.45) is 0. The highest BCUT2D eigenvalue weighted by molar-refractivity contribution is 5.45. The smallest absolute Gasteiger partial charge is 0.125 e. The minimum Gasteiger partial charge on any atom is -0.497 e. The molecule has 0 bridgehead atoms. The fraction of sp³-hybridized carbons (Fsp3) is 0.500. The van der Waals surface area contributed by atoms with Crippen molar-refractivity contribution in [3.63, 3.8) is 0 Å². The van der Waals surface area contributed by atoms with Gasteiger partial charge in [-0.25, -0.2) is 0 Å². The van der Waals surface area contributed by atoms with E-state index in [1.807, 2.05) is 20.2 Å². The van der Waals surface area contributed by atoms with Gasteiger partial charge < -0.3 is 14.4 Å². The molecule has 0 aliphatic carbocycles. The van der Waals surface area contributed by atoms with E-state index in [0.29, 0.717) is 0 Å². The van der Waals surface area contributed by atoms with Crippen molar-refractivity contribution in [3.8, 4) is 11.5 Å². The van der Waals surface area contributed by atoms with Crippen molar-refractivity contribution in [2.45, 2.75) is 13.5 Å². The topological polar surface area (TPSA) is 21.7 Å². The molecule has 0 heterocycles. The Morgan fingerprint density at radius 3 is 2.27 bits per heavy atom. The first-order valence-electron chi connectivity index (χ1n) is 4.94. The van der Waals surface area contributed by atoms with E-state index in [1.165, 1.54) is 11.1 Å². The number of methoxy groups -OCH3 is 2. The van der Waals surface area contributed by atoms with Crippen molar-refractivity contribution in [2.24, 2.45) is 0 Å². The molecule has 0 aliphatic heterocycles. The predicted molar refractivity (Wildman–Crippen MR) is 61.7 cm³/mol. The third-order valence-electron chi connectivity index (χ3n) is 2.38. The number of benzene rings is 1. The van der Waals surface area contributed by atoms with Crippen molar-refractivity contribution in [3.05, 3.63) is 23.3 Å². The van der Waals surface area contributed by atoms with Gasteiger partial charge in [0.25, 0.3) is 0 Å². The molecule has 0 fully saturated rings. The van der Waals surface area contributed by atoms with Gasteiger partial charge >= 0.3 is 0 Å². The molecule has 1 aromatic rings. The highest BCUT2D eigenvalue weighted by Crippen LogP contribution is 2.28. The molecule has 15 heavy (non-hydrogen) atoms. The van der Waals surface area contributed by atoms with Crippen molar-refractivity contribution in [2.75, 3.05) is 28.3 Å². The average molecular weight is 209 g/mol. The second-order valence-corrected chi connectivity index (χ2v) is 3.85. The molecule has 0 radical (unpaired) electrons. The third kappa shape index (κ3) is 2.86. The molecule has 0 unspecified atom stereocenters. The molecule has 0 saturated heterocycles. The maximum atomic E-state index is 5.31. The van der Waals surface area contributed by atoms with Crippen LogP contribution in [-0.4, -0.2) is 33.2 Å². The van der Waals surface area contributed by atoms with Crippen LogP contribution >= 0.6 is 0 Å². The van der Waals surface area contributed by atoms with Crippen LogP contribution in [-0.2, 0) is 6.54 Å². The lowest BCUT2D eigenvalue weighted by Gasteiger charge is -2.16. The summed E-state index contributed by atoms with van der Waals surface area (Å²) in [5.41, 5.74) is 2.41. The highest BCUT2D eigenvalue weighted by atomic mass is 16.5. The quantitative estimate of drug-likeness (QED) is 0.757. The van der Waals surface area contributed by atoms with Crippen LogP contribution in [0, 0.1) is 6.92 Å².